The lowest BCUT2D eigenvalue weighted by Crippen LogP contribution is -2.17. The molecule has 1 aromatic heterocycles. The Morgan fingerprint density at radius 1 is 1.39 bits per heavy atom. The van der Waals surface area contributed by atoms with Gasteiger partial charge in [0.2, 0.25) is 0 Å². The van der Waals surface area contributed by atoms with E-state index in [-0.39, 0.29) is 12.4 Å². The van der Waals surface area contributed by atoms with E-state index < -0.39 is 5.91 Å². The lowest BCUT2D eigenvalue weighted by molar-refractivity contribution is 0.0954. The van der Waals surface area contributed by atoms with Crippen LogP contribution in [0.3, 0.4) is 0 Å². The van der Waals surface area contributed by atoms with Crippen LogP contribution in [0.4, 0.5) is 0 Å². The Balaban J connectivity index is 2.00. The number of nitrogens with one attached hydrogen (secondary N) is 1. The first-order valence-electron chi connectivity index (χ1n) is 6.99. The molecular weight excluding hydrogens is 298 g/mol. The zero-order chi connectivity index (χ0) is 16.7. The maximum Gasteiger partial charge on any atom is 0.272 e. The van der Waals surface area contributed by atoms with Crippen molar-refractivity contribution in [3.63, 3.8) is 0 Å². The Labute approximate surface area is 133 Å². The van der Waals surface area contributed by atoms with E-state index in [1.54, 1.807) is 24.3 Å². The van der Waals surface area contributed by atoms with Crippen molar-refractivity contribution >= 4 is 12.1 Å². The number of phenolic OH excluding ortho intramolecular Hbond substituents is 1. The molecule has 23 heavy (non-hydrogen) atoms. The molecule has 1 heterocycles. The Kier molecular flexibility index (Phi) is 5.65. The highest BCUT2D eigenvalue weighted by Gasteiger charge is 2.05. The van der Waals surface area contributed by atoms with Crippen LogP contribution < -0.4 is 10.2 Å². The molecule has 0 aliphatic heterocycles. The van der Waals surface area contributed by atoms with Crippen LogP contribution in [0, 0.1) is 0 Å². The van der Waals surface area contributed by atoms with Crippen molar-refractivity contribution in [1.82, 2.24) is 10.4 Å². The van der Waals surface area contributed by atoms with Crippen LogP contribution in [-0.4, -0.2) is 33.9 Å². The van der Waals surface area contributed by atoms with Crippen molar-refractivity contribution < 1.29 is 19.7 Å². The number of benzene rings is 1. The number of hydrazone groups is 1. The number of pyridine rings is 1. The molecule has 0 radical (unpaired) electrons. The van der Waals surface area contributed by atoms with Gasteiger partial charge in [0.05, 0.1) is 30.7 Å². The predicted octanol–water partition coefficient (Wildman–Crippen LogP) is 1.44. The second kappa shape index (κ2) is 7.90. The Bertz CT molecular complexity index is 699. The minimum atomic E-state index is -0.415. The van der Waals surface area contributed by atoms with Crippen molar-refractivity contribution in [2.24, 2.45) is 5.10 Å². The van der Waals surface area contributed by atoms with Crippen molar-refractivity contribution in [2.75, 3.05) is 6.61 Å². The van der Waals surface area contributed by atoms with Crippen LogP contribution in [-0.2, 0) is 6.61 Å². The highest BCUT2D eigenvalue weighted by atomic mass is 16.5. The van der Waals surface area contributed by atoms with Gasteiger partial charge < -0.3 is 14.9 Å². The molecule has 0 bridgehead atoms. The second-order valence-corrected chi connectivity index (χ2v) is 4.56. The molecule has 120 valence electrons. The van der Waals surface area contributed by atoms with Crippen molar-refractivity contribution in [3.05, 3.63) is 53.3 Å². The summed E-state index contributed by atoms with van der Waals surface area (Å²) in [5.41, 5.74) is 3.86. The minimum Gasteiger partial charge on any atom is -0.504 e. The second-order valence-electron chi connectivity index (χ2n) is 4.56. The molecule has 2 rings (SSSR count). The first-order valence-corrected chi connectivity index (χ1v) is 6.99. The van der Waals surface area contributed by atoms with E-state index in [2.05, 4.69) is 15.5 Å². The molecule has 0 spiro atoms. The van der Waals surface area contributed by atoms with Gasteiger partial charge in [-0.25, -0.2) is 5.43 Å². The van der Waals surface area contributed by atoms with Gasteiger partial charge in [-0.1, -0.05) is 0 Å². The van der Waals surface area contributed by atoms with E-state index in [0.29, 0.717) is 29.2 Å². The number of phenols is 1. The number of rotatable bonds is 6. The van der Waals surface area contributed by atoms with Crippen molar-refractivity contribution in [2.45, 2.75) is 13.5 Å². The van der Waals surface area contributed by atoms with E-state index in [4.69, 9.17) is 9.84 Å². The minimum absolute atomic E-state index is 0.0445. The standard InChI is InChI=1S/C16H17N3O4/c1-2-23-15-7-11(3-6-14(15)21)8-18-19-16(22)12-4-5-13(10-20)17-9-12/h3-9,20-21H,2,10H2,1H3,(H,19,22)/b18-8-. The molecule has 0 fully saturated rings. The van der Waals surface area contributed by atoms with E-state index in [1.165, 1.54) is 18.5 Å². The van der Waals surface area contributed by atoms with Crippen molar-refractivity contribution in [3.8, 4) is 11.5 Å². The van der Waals surface area contributed by atoms with Gasteiger partial charge in [-0.3, -0.25) is 9.78 Å². The largest absolute Gasteiger partial charge is 0.504 e. The Morgan fingerprint density at radius 3 is 2.87 bits per heavy atom. The summed E-state index contributed by atoms with van der Waals surface area (Å²) in [4.78, 5) is 15.8. The van der Waals surface area contributed by atoms with Gasteiger partial charge in [-0.05, 0) is 42.8 Å². The zero-order valence-corrected chi connectivity index (χ0v) is 12.6. The number of ether oxygens (including phenoxy) is 1. The topological polar surface area (TPSA) is 104 Å². The molecule has 0 aliphatic carbocycles. The normalized spacial score (nSPS) is 10.7. The van der Waals surface area contributed by atoms with Crippen LogP contribution in [0.15, 0.2) is 41.6 Å². The summed E-state index contributed by atoms with van der Waals surface area (Å²) < 4.78 is 5.27. The molecule has 1 amide bonds. The van der Waals surface area contributed by atoms with E-state index >= 15 is 0 Å². The fraction of sp³-hybridized carbons (Fsp3) is 0.188. The number of carbonyl (C=O) groups excluding carboxylic acids is 1. The molecule has 0 aliphatic rings. The summed E-state index contributed by atoms with van der Waals surface area (Å²) in [6, 6.07) is 7.87. The van der Waals surface area contributed by atoms with Crippen LogP contribution in [0.2, 0.25) is 0 Å². The fourth-order valence-corrected chi connectivity index (χ4v) is 1.76. The van der Waals surface area contributed by atoms with Gasteiger partial charge in [0.1, 0.15) is 0 Å². The van der Waals surface area contributed by atoms with Crippen LogP contribution in [0.5, 0.6) is 11.5 Å². The smallest absolute Gasteiger partial charge is 0.272 e. The van der Waals surface area contributed by atoms with Gasteiger partial charge in [-0.2, -0.15) is 5.10 Å². The predicted molar refractivity (Wildman–Crippen MR) is 84.5 cm³/mol. The monoisotopic (exact) mass is 315 g/mol. The lowest BCUT2D eigenvalue weighted by atomic mass is 10.2. The van der Waals surface area contributed by atoms with Gasteiger partial charge in [0.15, 0.2) is 11.5 Å². The Morgan fingerprint density at radius 2 is 2.22 bits per heavy atom. The number of aliphatic hydroxyl groups is 1. The van der Waals surface area contributed by atoms with E-state index in [9.17, 15) is 9.90 Å². The van der Waals surface area contributed by atoms with Crippen LogP contribution in [0.1, 0.15) is 28.5 Å². The molecule has 7 heteroatoms. The number of aromatic hydroxyl groups is 1. The molecule has 0 saturated carbocycles. The number of aliphatic hydroxyl groups excluding tert-OH is 1. The average Bonchev–Trinajstić information content (AvgIpc) is 2.58. The quantitative estimate of drug-likeness (QED) is 0.553. The first-order chi connectivity index (χ1) is 11.1. The third-order valence-electron chi connectivity index (χ3n) is 2.91. The average molecular weight is 315 g/mol. The van der Waals surface area contributed by atoms with Gasteiger partial charge in [-0.15, -0.1) is 0 Å². The highest BCUT2D eigenvalue weighted by Crippen LogP contribution is 2.26. The lowest BCUT2D eigenvalue weighted by Gasteiger charge is -2.06. The summed E-state index contributed by atoms with van der Waals surface area (Å²) in [7, 11) is 0. The maximum atomic E-state index is 11.9. The fourth-order valence-electron chi connectivity index (χ4n) is 1.76. The number of nitrogens with zero attached hydrogens (tertiary/aromatic N) is 2. The summed E-state index contributed by atoms with van der Waals surface area (Å²) in [5.74, 6) is -0.0169. The number of amides is 1. The number of aromatic nitrogens is 1. The third kappa shape index (κ3) is 4.52. The highest BCUT2D eigenvalue weighted by molar-refractivity contribution is 5.94. The first kappa shape index (κ1) is 16.4. The number of hydrogen-bond acceptors (Lipinski definition) is 6. The zero-order valence-electron chi connectivity index (χ0n) is 12.6. The van der Waals surface area contributed by atoms with E-state index in [0.717, 1.165) is 0 Å². The molecule has 0 saturated heterocycles. The third-order valence-corrected chi connectivity index (χ3v) is 2.91. The SMILES string of the molecule is CCOc1cc(/C=N\NC(=O)c2ccc(CO)nc2)ccc1O. The molecule has 0 unspecified atom stereocenters. The summed E-state index contributed by atoms with van der Waals surface area (Å²) in [5, 5.41) is 22.4. The van der Waals surface area contributed by atoms with Gasteiger partial charge in [0.25, 0.3) is 5.91 Å². The molecule has 1 aromatic carbocycles. The maximum absolute atomic E-state index is 11.9. The van der Waals surface area contributed by atoms with E-state index in [1.807, 2.05) is 6.92 Å². The summed E-state index contributed by atoms with van der Waals surface area (Å²) >= 11 is 0. The molecule has 2 aromatic rings. The molecule has 7 nitrogen and oxygen atoms in total. The van der Waals surface area contributed by atoms with Crippen molar-refractivity contribution in [1.29, 1.82) is 0 Å². The molecular formula is C16H17N3O4. The number of hydrogen-bond donors (Lipinski definition) is 3. The summed E-state index contributed by atoms with van der Waals surface area (Å²) in [6.07, 6.45) is 2.81. The van der Waals surface area contributed by atoms with Gasteiger partial charge >= 0.3 is 0 Å². The van der Waals surface area contributed by atoms with Crippen LogP contribution in [0.25, 0.3) is 0 Å². The van der Waals surface area contributed by atoms with Crippen LogP contribution >= 0.6 is 0 Å². The Hall–Kier alpha value is -2.93. The summed E-state index contributed by atoms with van der Waals surface area (Å²) in [6.45, 7) is 2.07. The van der Waals surface area contributed by atoms with Gasteiger partial charge in [0, 0.05) is 6.20 Å². The molecule has 3 N–H and O–H groups in total. The number of carbonyl (C=O) groups is 1. The molecule has 0 atom stereocenters.